The number of piperidine rings is 1. The summed E-state index contributed by atoms with van der Waals surface area (Å²) in [5.74, 6) is -2.32. The molecule has 2 atom stereocenters. The standard InChI is InChI=1S/C21H23Cl3N8O5S/c1-9-13(23)14(24)15(26-9)19(34)27-10-3-5-31(7-11(10)32-8-12(22)29-30-32)21-28-16(17(38-21)20(35)36)18(33)25-4-6-37-2/h8,10-11,26H,3-7H2,1-2H3,(H,25,33)(H,27,34)(H,35,36)/t10-,11+/m1/s1. The SMILES string of the molecule is COCCNC(=O)c1nc(N2CC[C@@H](NC(=O)c3[nH]c(C)c(Cl)c3Cl)[C@@H](n3cc(Cl)nn3)C2)sc1C(=O)O. The summed E-state index contributed by atoms with van der Waals surface area (Å²) in [6.07, 6.45) is 1.95. The second-order valence-corrected chi connectivity index (χ2v) is 10.5. The molecule has 204 valence electrons. The number of halogens is 3. The summed E-state index contributed by atoms with van der Waals surface area (Å²) >= 11 is 19.2. The molecule has 3 aromatic rings. The van der Waals surface area contributed by atoms with Gasteiger partial charge >= 0.3 is 5.97 Å². The third-order valence-corrected chi connectivity index (χ3v) is 8.11. The lowest BCUT2D eigenvalue weighted by Crippen LogP contribution is -2.52. The van der Waals surface area contributed by atoms with Gasteiger partial charge in [-0.1, -0.05) is 51.4 Å². The van der Waals surface area contributed by atoms with Gasteiger partial charge < -0.3 is 30.4 Å². The van der Waals surface area contributed by atoms with E-state index in [0.717, 1.165) is 11.3 Å². The average Bonchev–Trinajstić information content (AvgIpc) is 3.59. The van der Waals surface area contributed by atoms with Crippen molar-refractivity contribution in [3.8, 4) is 0 Å². The monoisotopic (exact) mass is 604 g/mol. The molecule has 3 aromatic heterocycles. The maximum atomic E-state index is 13.0. The molecule has 0 bridgehead atoms. The number of aromatic amines is 1. The number of H-pyrrole nitrogens is 1. The smallest absolute Gasteiger partial charge is 0.348 e. The number of amides is 2. The molecular weight excluding hydrogens is 583 g/mol. The van der Waals surface area contributed by atoms with Gasteiger partial charge in [0.15, 0.2) is 16.0 Å². The molecule has 4 N–H and O–H groups in total. The van der Waals surface area contributed by atoms with Crippen LogP contribution in [-0.4, -0.2) is 87.2 Å². The molecule has 0 radical (unpaired) electrons. The first kappa shape index (κ1) is 28.1. The van der Waals surface area contributed by atoms with E-state index in [0.29, 0.717) is 23.8 Å². The van der Waals surface area contributed by atoms with Gasteiger partial charge in [-0.2, -0.15) is 0 Å². The highest BCUT2D eigenvalue weighted by Crippen LogP contribution is 2.33. The maximum absolute atomic E-state index is 13.0. The van der Waals surface area contributed by atoms with Crippen LogP contribution < -0.4 is 15.5 Å². The van der Waals surface area contributed by atoms with E-state index in [1.54, 1.807) is 6.92 Å². The van der Waals surface area contributed by atoms with Crippen molar-refractivity contribution in [2.75, 3.05) is 38.3 Å². The third kappa shape index (κ3) is 5.89. The first-order chi connectivity index (χ1) is 18.1. The Kier molecular flexibility index (Phi) is 8.78. The van der Waals surface area contributed by atoms with E-state index in [9.17, 15) is 19.5 Å². The summed E-state index contributed by atoms with van der Waals surface area (Å²) in [6.45, 7) is 2.85. The lowest BCUT2D eigenvalue weighted by Gasteiger charge is -2.38. The summed E-state index contributed by atoms with van der Waals surface area (Å²) in [5, 5.41) is 24.0. The number of hydrogen-bond donors (Lipinski definition) is 4. The normalized spacial score (nSPS) is 17.4. The summed E-state index contributed by atoms with van der Waals surface area (Å²) in [4.78, 5) is 46.3. The Hall–Kier alpha value is -2.91. The summed E-state index contributed by atoms with van der Waals surface area (Å²) in [6, 6.07) is -0.889. The molecule has 0 aromatic carbocycles. The molecule has 1 saturated heterocycles. The van der Waals surface area contributed by atoms with Gasteiger partial charge in [0.1, 0.15) is 10.6 Å². The number of aryl methyl sites for hydroxylation is 1. The van der Waals surface area contributed by atoms with Crippen LogP contribution in [0.2, 0.25) is 15.2 Å². The number of ether oxygens (including phenoxy) is 1. The van der Waals surface area contributed by atoms with Gasteiger partial charge in [0.2, 0.25) is 0 Å². The van der Waals surface area contributed by atoms with Gasteiger partial charge in [-0.3, -0.25) is 9.59 Å². The molecule has 0 spiro atoms. The number of rotatable bonds is 9. The van der Waals surface area contributed by atoms with Gasteiger partial charge in [-0.05, 0) is 13.3 Å². The quantitative estimate of drug-likeness (QED) is 0.268. The Bertz CT molecular complexity index is 1360. The lowest BCUT2D eigenvalue weighted by molar-refractivity contribution is 0.0695. The molecule has 13 nitrogen and oxygen atoms in total. The van der Waals surface area contributed by atoms with E-state index in [1.165, 1.54) is 18.0 Å². The summed E-state index contributed by atoms with van der Waals surface area (Å²) in [5.41, 5.74) is 0.524. The number of methoxy groups -OCH3 is 1. The third-order valence-electron chi connectivity index (χ3n) is 5.89. The van der Waals surface area contributed by atoms with Crippen molar-refractivity contribution in [3.05, 3.63) is 43.4 Å². The number of aromatic carboxylic acids is 1. The highest BCUT2D eigenvalue weighted by molar-refractivity contribution is 7.17. The Morgan fingerprint density at radius 2 is 2.03 bits per heavy atom. The van der Waals surface area contributed by atoms with Crippen LogP contribution in [0.1, 0.15) is 48.8 Å². The topological polar surface area (TPSA) is 167 Å². The largest absolute Gasteiger partial charge is 0.477 e. The molecule has 4 rings (SSSR count). The lowest BCUT2D eigenvalue weighted by atomic mass is 9.99. The first-order valence-corrected chi connectivity index (χ1v) is 13.2. The number of thiazole rings is 1. The fraction of sp³-hybridized carbons (Fsp3) is 0.429. The molecule has 1 aliphatic heterocycles. The Morgan fingerprint density at radius 1 is 1.26 bits per heavy atom. The van der Waals surface area contributed by atoms with Crippen LogP contribution in [0.4, 0.5) is 5.13 Å². The van der Waals surface area contributed by atoms with E-state index in [2.05, 4.69) is 30.9 Å². The number of hydrogen-bond acceptors (Lipinski definition) is 9. The van der Waals surface area contributed by atoms with Crippen LogP contribution in [0, 0.1) is 6.92 Å². The zero-order valence-electron chi connectivity index (χ0n) is 20.1. The molecule has 0 aliphatic carbocycles. The molecule has 0 saturated carbocycles. The minimum absolute atomic E-state index is 0.125. The van der Waals surface area contributed by atoms with E-state index in [1.807, 2.05) is 4.90 Å². The molecule has 17 heteroatoms. The number of carboxylic acid groups (broad SMARTS) is 1. The van der Waals surface area contributed by atoms with Gasteiger partial charge in [-0.15, -0.1) is 5.10 Å². The predicted molar refractivity (Wildman–Crippen MR) is 141 cm³/mol. The number of carbonyl (C=O) groups is 3. The van der Waals surface area contributed by atoms with Crippen molar-refractivity contribution >= 4 is 69.1 Å². The zero-order valence-corrected chi connectivity index (χ0v) is 23.2. The van der Waals surface area contributed by atoms with Gasteiger partial charge in [-0.25, -0.2) is 14.5 Å². The first-order valence-electron chi connectivity index (χ1n) is 11.3. The number of carbonyl (C=O) groups excluding carboxylic acids is 2. The number of nitrogens with zero attached hydrogens (tertiary/aromatic N) is 5. The number of aromatic nitrogens is 5. The Balaban J connectivity index is 1.58. The van der Waals surface area contributed by atoms with Crippen molar-refractivity contribution in [2.24, 2.45) is 0 Å². The summed E-state index contributed by atoms with van der Waals surface area (Å²) < 4.78 is 6.44. The molecule has 1 aliphatic rings. The fourth-order valence-electron chi connectivity index (χ4n) is 4.02. The predicted octanol–water partition coefficient (Wildman–Crippen LogP) is 2.66. The van der Waals surface area contributed by atoms with Crippen LogP contribution >= 0.6 is 46.1 Å². The highest BCUT2D eigenvalue weighted by atomic mass is 35.5. The fourth-order valence-corrected chi connectivity index (χ4v) is 5.51. The molecule has 1 fully saturated rings. The Morgan fingerprint density at radius 3 is 2.63 bits per heavy atom. The van der Waals surface area contributed by atoms with Crippen molar-refractivity contribution in [3.63, 3.8) is 0 Å². The van der Waals surface area contributed by atoms with Crippen LogP contribution in [0.5, 0.6) is 0 Å². The molecule has 2 amide bonds. The number of anilines is 1. The minimum atomic E-state index is -1.26. The van der Waals surface area contributed by atoms with Crippen LogP contribution in [0.15, 0.2) is 6.20 Å². The van der Waals surface area contributed by atoms with Gasteiger partial charge in [0.05, 0.1) is 34.9 Å². The molecule has 4 heterocycles. The van der Waals surface area contributed by atoms with Gasteiger partial charge in [0, 0.05) is 32.4 Å². The Labute approximate surface area is 235 Å². The van der Waals surface area contributed by atoms with Crippen molar-refractivity contribution in [1.29, 1.82) is 0 Å². The van der Waals surface area contributed by atoms with Crippen LogP contribution in [0.3, 0.4) is 0 Å². The number of nitrogens with one attached hydrogen (secondary N) is 3. The average molecular weight is 606 g/mol. The maximum Gasteiger partial charge on any atom is 0.348 e. The van der Waals surface area contributed by atoms with Crippen LogP contribution in [-0.2, 0) is 4.74 Å². The highest BCUT2D eigenvalue weighted by Gasteiger charge is 2.36. The van der Waals surface area contributed by atoms with Crippen LogP contribution in [0.25, 0.3) is 0 Å². The molecule has 0 unspecified atom stereocenters. The molecular formula is C21H23Cl3N8O5S. The zero-order chi connectivity index (χ0) is 27.6. The second-order valence-electron chi connectivity index (χ2n) is 8.38. The van der Waals surface area contributed by atoms with Gasteiger partial charge in [0.25, 0.3) is 11.8 Å². The van der Waals surface area contributed by atoms with Crippen molar-refractivity contribution in [2.45, 2.75) is 25.4 Å². The molecule has 38 heavy (non-hydrogen) atoms. The second kappa shape index (κ2) is 11.9. The van der Waals surface area contributed by atoms with E-state index in [-0.39, 0.29) is 51.2 Å². The van der Waals surface area contributed by atoms with E-state index >= 15 is 0 Å². The summed E-state index contributed by atoms with van der Waals surface area (Å²) in [7, 11) is 1.49. The number of carboxylic acids is 1. The minimum Gasteiger partial charge on any atom is -0.477 e. The van der Waals surface area contributed by atoms with Crippen molar-refractivity contribution < 1.29 is 24.2 Å². The van der Waals surface area contributed by atoms with E-state index < -0.39 is 29.9 Å². The van der Waals surface area contributed by atoms with E-state index in [4.69, 9.17) is 39.5 Å². The van der Waals surface area contributed by atoms with Crippen molar-refractivity contribution in [1.82, 2.24) is 35.6 Å².